The Labute approximate surface area is 805 Å². The van der Waals surface area contributed by atoms with Crippen molar-refractivity contribution in [3.8, 4) is 5.75 Å². The van der Waals surface area contributed by atoms with Crippen molar-refractivity contribution in [2.45, 2.75) is 430 Å². The summed E-state index contributed by atoms with van der Waals surface area (Å²) in [4.78, 5) is 58.3. The monoisotopic (exact) mass is 1990 g/mol. The molecule has 5 aliphatic carbocycles. The maximum atomic E-state index is 16.2. The van der Waals surface area contributed by atoms with Crippen LogP contribution in [0.25, 0.3) is 0 Å². The molecule has 48 atom stereocenters. The minimum atomic E-state index is -2.24. The number of aliphatic hydroxyl groups excluding tert-OH is 21. The van der Waals surface area contributed by atoms with Crippen molar-refractivity contribution in [1.82, 2.24) is 5.32 Å². The summed E-state index contributed by atoms with van der Waals surface area (Å²) in [6, 6.07) is 7.28. The van der Waals surface area contributed by atoms with Gasteiger partial charge in [0.15, 0.2) is 56.2 Å². The molecule has 0 unspecified atom stereocenters. The number of ether oxygens (including phenoxy) is 18. The number of nitrogens with one attached hydrogen (secondary N) is 1. The second-order valence-corrected chi connectivity index (χ2v) is 42.4. The normalized spacial score (nSPS) is 48.3. The molecule has 0 radical (unpaired) electrons. The van der Waals surface area contributed by atoms with Gasteiger partial charge in [-0.05, 0) is 149 Å². The third kappa shape index (κ3) is 21.9. The van der Waals surface area contributed by atoms with E-state index in [4.69, 9.17) is 85.3 Å². The number of hydrogen-bond donors (Lipinski definition) is 22. The zero-order valence-corrected chi connectivity index (χ0v) is 80.1. The maximum Gasteiger partial charge on any atom is 0.317 e. The fraction of sp³-hybridized carbons (Fsp3) is 0.874. The smallest absolute Gasteiger partial charge is 0.317 e. The molecule has 139 heavy (non-hydrogen) atoms. The van der Waals surface area contributed by atoms with Crippen LogP contribution in [0, 0.1) is 50.2 Å². The highest BCUT2D eigenvalue weighted by Gasteiger charge is 2.74. The van der Waals surface area contributed by atoms with Crippen LogP contribution >= 0.6 is 0 Å². The molecule has 792 valence electrons. The summed E-state index contributed by atoms with van der Waals surface area (Å²) in [6.45, 7) is 13.6. The Morgan fingerprint density at radius 2 is 1.00 bits per heavy atom. The molecule has 0 bridgehead atoms. The molecule has 8 saturated heterocycles. The lowest BCUT2D eigenvalue weighted by Gasteiger charge is -2.71. The Morgan fingerprint density at radius 1 is 0.475 bits per heavy atom. The zero-order valence-electron chi connectivity index (χ0n) is 80.1. The van der Waals surface area contributed by atoms with Crippen LogP contribution in [-0.2, 0) is 106 Å². The summed E-state index contributed by atoms with van der Waals surface area (Å²) in [6.07, 6.45) is -61.7. The highest BCUT2D eigenvalue weighted by molar-refractivity contribution is 5.82. The molecule has 44 nitrogen and oxygen atoms in total. The fourth-order valence-electron chi connectivity index (χ4n) is 24.4. The summed E-state index contributed by atoms with van der Waals surface area (Å²) in [7, 11) is 1.56. The first-order valence-corrected chi connectivity index (χ1v) is 49.1. The molecular formula is C95H149NO43. The molecule has 0 spiro atoms. The average Bonchev–Trinajstić information content (AvgIpc) is 0.667. The van der Waals surface area contributed by atoms with Crippen LogP contribution in [0.1, 0.15) is 183 Å². The van der Waals surface area contributed by atoms with Gasteiger partial charge in [0.05, 0.1) is 69.5 Å². The van der Waals surface area contributed by atoms with E-state index in [0.717, 1.165) is 49.5 Å². The lowest BCUT2D eigenvalue weighted by molar-refractivity contribution is -0.399. The van der Waals surface area contributed by atoms with Gasteiger partial charge in [-0.25, -0.2) is 0 Å². The summed E-state index contributed by atoms with van der Waals surface area (Å²) in [5, 5.41) is 241. The number of benzene rings is 1. The predicted octanol–water partition coefficient (Wildman–Crippen LogP) is -3.84. The van der Waals surface area contributed by atoms with Crippen molar-refractivity contribution in [3.63, 3.8) is 0 Å². The quantitative estimate of drug-likeness (QED) is 0.0103. The van der Waals surface area contributed by atoms with Crippen molar-refractivity contribution < 1.29 is 212 Å². The van der Waals surface area contributed by atoms with Gasteiger partial charge in [0, 0.05) is 13.0 Å². The van der Waals surface area contributed by atoms with Crippen LogP contribution in [0.3, 0.4) is 0 Å². The Bertz CT molecular complexity index is 4240. The predicted molar refractivity (Wildman–Crippen MR) is 469 cm³/mol. The molecule has 14 rings (SSSR count). The molecule has 1 aromatic carbocycles. The fourth-order valence-corrected chi connectivity index (χ4v) is 24.4. The van der Waals surface area contributed by atoms with Gasteiger partial charge in [0.25, 0.3) is 5.91 Å². The molecule has 1 aromatic rings. The minimum Gasteiger partial charge on any atom is -0.497 e. The Morgan fingerprint density at radius 3 is 1.63 bits per heavy atom. The van der Waals surface area contributed by atoms with Crippen molar-refractivity contribution in [2.24, 2.45) is 50.2 Å². The molecule has 1 amide bonds. The Hall–Kier alpha value is -4.60. The standard InChI is InChI=1S/C95H149NO43/c1-41-57(104)63(110)68(115)83(126-41)134-75-70(117)77(80(120)96-31-18-16-14-12-11-13-15-17-22-56(103)123-37-44-20-19-21-45(32-44)122-10)136-88(79(75)138-84-69(116)64(111)61(108)50(35-97)129-84)131-55-26-27-91(6)52(92(55,7)40-99)25-28-93(8)53(91)24-23-46-47-33-90(4,5)29-30-95(47,54(102)34-94(46,93)9)89(121)139-87-78(65(112)58(105)42(2)127-87)137-85-72(119)76(73(43(3)128-85)132-81-66(113)59(106)48(100)38-124-81)135-86-71(118)74(62(109)51(36-98)130-86)133-82-67(114)60(107)49(101)39-125-82/h19-21,23,32,40-43,47-55,57-79,81-88,97-98,100-102,104-119H,11-18,22,24-31,33-39H2,1-10H3,(H,96,120)/t41-,42+,43-,47-,48+,49+,50+,51+,52+,53+,54+,55-,57-,58-,59-,60-,61-,62+,63+,64-,65-,66+,67+,68+,69+,70-,71+,72+,73-,74-,75-,76-,77-,78+,79+,81-,82-,83-,84-,85-,86-,87-,88+,91-,92-,93+,94+,95+/m0/s1. The number of carbonyl (C=O) groups excluding carboxylic acids is 4. The van der Waals surface area contributed by atoms with Gasteiger partial charge in [-0.15, -0.1) is 0 Å². The molecule has 8 aliphatic heterocycles. The first-order chi connectivity index (χ1) is 65.8. The number of esters is 2. The summed E-state index contributed by atoms with van der Waals surface area (Å²) >= 11 is 0. The van der Waals surface area contributed by atoms with E-state index in [1.807, 2.05) is 12.1 Å². The number of methoxy groups -OCH3 is 1. The maximum absolute atomic E-state index is 16.2. The highest BCUT2D eigenvalue weighted by Crippen LogP contribution is 2.76. The number of rotatable bonds is 34. The number of fused-ring (bicyclic) bond motifs is 7. The first kappa shape index (κ1) is 110. The van der Waals surface area contributed by atoms with Gasteiger partial charge in [0.2, 0.25) is 6.29 Å². The van der Waals surface area contributed by atoms with Crippen LogP contribution in [-0.4, -0.2) is 417 Å². The first-order valence-electron chi connectivity index (χ1n) is 49.1. The molecule has 13 aliphatic rings. The number of carbonyl (C=O) groups is 4. The van der Waals surface area contributed by atoms with E-state index in [2.05, 4.69) is 46.0 Å². The van der Waals surface area contributed by atoms with Gasteiger partial charge < -0.3 is 203 Å². The molecule has 22 N–H and O–H groups in total. The lowest BCUT2D eigenvalue weighted by Crippen LogP contribution is -2.70. The molecule has 12 fully saturated rings. The van der Waals surface area contributed by atoms with Crippen molar-refractivity contribution in [1.29, 1.82) is 0 Å². The van der Waals surface area contributed by atoms with Crippen molar-refractivity contribution >= 4 is 24.1 Å². The number of amides is 1. The average molecular weight is 1990 g/mol. The molecular weight excluding hydrogens is 1840 g/mol. The van der Waals surface area contributed by atoms with Crippen LogP contribution in [0.15, 0.2) is 35.9 Å². The van der Waals surface area contributed by atoms with Crippen molar-refractivity contribution in [2.75, 3.05) is 40.1 Å². The van der Waals surface area contributed by atoms with Gasteiger partial charge in [-0.2, -0.15) is 0 Å². The van der Waals surface area contributed by atoms with Gasteiger partial charge in [0.1, 0.15) is 177 Å². The summed E-state index contributed by atoms with van der Waals surface area (Å²) in [5.41, 5.74) is -4.44. The second-order valence-electron chi connectivity index (χ2n) is 42.4. The zero-order chi connectivity index (χ0) is 101. The van der Waals surface area contributed by atoms with Crippen LogP contribution < -0.4 is 10.1 Å². The SMILES string of the molecule is COc1cccc(COC(=O)CCCCCCCCCCNC(=O)[C@H]2O[C@@H](O[C@H]3CC[C@]4(C)[C@H]5CC=C6[C@@H]7CC(C)(C)CC[C@]7(C(=O)O[C@@H]7O[C@H](C)[C@H](O)[C@H](O)[C@H]7O[C@@H]7O[C@@H](C)[C@H](O[C@@H]8OC[C@@H](O)[C@H](O)[C@H]8O)[C@@H](O[C@@H]8O[C@H](CO)[C@@H](O)[C@H](O[C@@H]9OC[C@@H](O)[C@H](O)[C@H]9O)[C@H]8O)[C@H]7O)[C@H](O)C[C@@]6(C)[C@]5(C)CC[C@H]4[C@]3(C)C=O)[C@H](O[C@@H]3O[C@H](CO)[C@H](O)[C@H](O)[C@H]3O)[C@@H](O[C@@H]3O[C@@H](C)[C@H](O)[C@@H](O)[C@H]3O)[C@@H]2O)c1. The minimum absolute atomic E-state index is 0.0171. The second kappa shape index (κ2) is 45.2. The van der Waals surface area contributed by atoms with E-state index in [-0.39, 0.29) is 50.7 Å². The van der Waals surface area contributed by atoms with E-state index < -0.39 is 328 Å². The third-order valence-electron chi connectivity index (χ3n) is 33.1. The van der Waals surface area contributed by atoms with Crippen LogP contribution in [0.2, 0.25) is 0 Å². The number of allylic oxidation sites excluding steroid dienone is 2. The van der Waals surface area contributed by atoms with Crippen molar-refractivity contribution in [3.05, 3.63) is 41.5 Å². The molecule has 0 aromatic heterocycles. The van der Waals surface area contributed by atoms with E-state index in [9.17, 15) is 122 Å². The van der Waals surface area contributed by atoms with Crippen LogP contribution in [0.5, 0.6) is 5.75 Å². The Kier molecular flexibility index (Phi) is 35.8. The van der Waals surface area contributed by atoms with E-state index in [0.29, 0.717) is 63.5 Å². The molecule has 8 heterocycles. The van der Waals surface area contributed by atoms with E-state index in [1.54, 1.807) is 26.2 Å². The van der Waals surface area contributed by atoms with Gasteiger partial charge in [-0.3, -0.25) is 14.4 Å². The summed E-state index contributed by atoms with van der Waals surface area (Å²) in [5.74, 6) is -3.05. The van der Waals surface area contributed by atoms with E-state index >= 15 is 4.79 Å². The number of hydrogen-bond acceptors (Lipinski definition) is 43. The molecule has 4 saturated carbocycles. The lowest BCUT2D eigenvalue weighted by atomic mass is 9.33. The Balaban J connectivity index is 0.697. The van der Waals surface area contributed by atoms with E-state index in [1.165, 1.54) is 20.8 Å². The highest BCUT2D eigenvalue weighted by atomic mass is 16.8. The third-order valence-corrected chi connectivity index (χ3v) is 33.1. The van der Waals surface area contributed by atoms with Crippen LogP contribution in [0.4, 0.5) is 0 Å². The van der Waals surface area contributed by atoms with Gasteiger partial charge in [-0.1, -0.05) is 104 Å². The largest absolute Gasteiger partial charge is 0.497 e. The summed E-state index contributed by atoms with van der Waals surface area (Å²) < 4.78 is 110. The van der Waals surface area contributed by atoms with Gasteiger partial charge >= 0.3 is 11.9 Å². The number of aliphatic hydroxyl groups is 21. The topological polar surface area (TPSA) is 671 Å². The number of aldehydes is 1. The number of unbranched alkanes of at least 4 members (excludes halogenated alkanes) is 7. The molecule has 44 heteroatoms.